The average Bonchev–Trinajstić information content (AvgIpc) is 3.19. The fraction of sp³-hybridized carbons (Fsp3) is 0.286. The third-order valence-corrected chi connectivity index (χ3v) is 5.28. The van der Waals surface area contributed by atoms with E-state index < -0.39 is 6.03 Å². The number of carbonyl (C=O) groups is 1. The average molecular weight is 413 g/mol. The fourth-order valence-corrected chi connectivity index (χ4v) is 3.28. The largest absolute Gasteiger partial charge is 0.495 e. The molecular weight excluding hydrogens is 388 g/mol. The molecule has 0 saturated heterocycles. The maximum Gasteiger partial charge on any atom is 0.325 e. The predicted octanol–water partition coefficient (Wildman–Crippen LogP) is 5.28. The molecule has 152 valence electrons. The second kappa shape index (κ2) is 9.88. The van der Waals surface area contributed by atoms with Crippen LogP contribution < -0.4 is 20.1 Å². The Balaban J connectivity index is 1.52. The van der Waals surface area contributed by atoms with Gasteiger partial charge in [0.25, 0.3) is 0 Å². The SMILES string of the molecule is CCC(C)c1ccc(OCc2nnc(NC(=O)Nc3ccccc3OC)s2)cc1. The van der Waals surface area contributed by atoms with Crippen LogP contribution in [0.3, 0.4) is 0 Å². The van der Waals surface area contributed by atoms with Gasteiger partial charge in [-0.3, -0.25) is 5.32 Å². The molecule has 0 aliphatic carbocycles. The first kappa shape index (κ1) is 20.6. The molecule has 1 heterocycles. The van der Waals surface area contributed by atoms with Crippen LogP contribution in [0.4, 0.5) is 15.6 Å². The zero-order chi connectivity index (χ0) is 20.6. The minimum atomic E-state index is -0.418. The molecule has 1 unspecified atom stereocenters. The number of nitrogens with one attached hydrogen (secondary N) is 2. The molecule has 29 heavy (non-hydrogen) atoms. The first-order valence-corrected chi connectivity index (χ1v) is 10.2. The van der Waals surface area contributed by atoms with Crippen molar-refractivity contribution in [3.63, 3.8) is 0 Å². The van der Waals surface area contributed by atoms with Crippen molar-refractivity contribution < 1.29 is 14.3 Å². The molecule has 0 aliphatic rings. The standard InChI is InChI=1S/C21H24N4O3S/c1-4-14(2)15-9-11-16(12-10-15)28-13-19-24-25-21(29-19)23-20(26)22-17-7-5-6-8-18(17)27-3/h5-12,14H,4,13H2,1-3H3,(H2,22,23,25,26). The molecule has 1 aromatic heterocycles. The van der Waals surface area contributed by atoms with Crippen LogP contribution in [0.15, 0.2) is 48.5 Å². The first-order chi connectivity index (χ1) is 14.1. The molecule has 0 spiro atoms. The predicted molar refractivity (Wildman–Crippen MR) is 115 cm³/mol. The molecule has 0 radical (unpaired) electrons. The Hall–Kier alpha value is -3.13. The van der Waals surface area contributed by atoms with Crippen molar-refractivity contribution in [2.24, 2.45) is 0 Å². The molecule has 0 bridgehead atoms. The Morgan fingerprint density at radius 3 is 2.59 bits per heavy atom. The summed E-state index contributed by atoms with van der Waals surface area (Å²) in [5.41, 5.74) is 1.87. The van der Waals surface area contributed by atoms with Crippen LogP contribution in [0.1, 0.15) is 36.8 Å². The Morgan fingerprint density at radius 2 is 1.86 bits per heavy atom. The highest BCUT2D eigenvalue weighted by atomic mass is 32.1. The van der Waals surface area contributed by atoms with Crippen molar-refractivity contribution in [3.05, 3.63) is 59.1 Å². The molecule has 2 aromatic carbocycles. The summed E-state index contributed by atoms with van der Waals surface area (Å²) >= 11 is 1.26. The summed E-state index contributed by atoms with van der Waals surface area (Å²) in [6.07, 6.45) is 1.10. The molecule has 0 fully saturated rings. The molecule has 2 N–H and O–H groups in total. The van der Waals surface area contributed by atoms with Crippen LogP contribution in [0.25, 0.3) is 0 Å². The van der Waals surface area contributed by atoms with Gasteiger partial charge >= 0.3 is 6.03 Å². The number of aromatic nitrogens is 2. The number of para-hydroxylation sites is 2. The van der Waals surface area contributed by atoms with Gasteiger partial charge in [-0.1, -0.05) is 49.4 Å². The van der Waals surface area contributed by atoms with Gasteiger partial charge in [-0.05, 0) is 42.2 Å². The van der Waals surface area contributed by atoms with Crippen molar-refractivity contribution in [2.45, 2.75) is 32.8 Å². The van der Waals surface area contributed by atoms with E-state index in [1.165, 1.54) is 16.9 Å². The molecule has 0 aliphatic heterocycles. The van der Waals surface area contributed by atoms with E-state index in [0.717, 1.165) is 12.2 Å². The Bertz CT molecular complexity index is 943. The molecule has 3 rings (SSSR count). The summed E-state index contributed by atoms with van der Waals surface area (Å²) in [5, 5.41) is 14.5. The summed E-state index contributed by atoms with van der Waals surface area (Å²) in [5.74, 6) is 1.88. The van der Waals surface area contributed by atoms with Gasteiger partial charge in [0.2, 0.25) is 5.13 Å². The van der Waals surface area contributed by atoms with Gasteiger partial charge in [0, 0.05) is 0 Å². The Morgan fingerprint density at radius 1 is 1.10 bits per heavy atom. The number of hydrogen-bond acceptors (Lipinski definition) is 6. The van der Waals surface area contributed by atoms with Gasteiger partial charge in [0.1, 0.15) is 18.1 Å². The Kier molecular flexibility index (Phi) is 7.02. The maximum absolute atomic E-state index is 12.2. The van der Waals surface area contributed by atoms with E-state index in [1.54, 1.807) is 19.2 Å². The van der Waals surface area contributed by atoms with Crippen molar-refractivity contribution in [2.75, 3.05) is 17.7 Å². The highest BCUT2D eigenvalue weighted by Crippen LogP contribution is 2.25. The summed E-state index contributed by atoms with van der Waals surface area (Å²) in [6, 6.07) is 14.8. The van der Waals surface area contributed by atoms with Crippen LogP contribution in [-0.2, 0) is 6.61 Å². The minimum absolute atomic E-state index is 0.288. The van der Waals surface area contributed by atoms with Gasteiger partial charge in [-0.25, -0.2) is 4.79 Å². The van der Waals surface area contributed by atoms with Crippen LogP contribution in [0.5, 0.6) is 11.5 Å². The second-order valence-corrected chi connectivity index (χ2v) is 7.51. The number of amides is 2. The van der Waals surface area contributed by atoms with Gasteiger partial charge < -0.3 is 14.8 Å². The van der Waals surface area contributed by atoms with Gasteiger partial charge in [-0.2, -0.15) is 0 Å². The van der Waals surface area contributed by atoms with Crippen molar-refractivity contribution in [3.8, 4) is 11.5 Å². The van der Waals surface area contributed by atoms with E-state index in [9.17, 15) is 4.79 Å². The second-order valence-electron chi connectivity index (χ2n) is 6.45. The lowest BCUT2D eigenvalue weighted by Crippen LogP contribution is -2.19. The lowest BCUT2D eigenvalue weighted by atomic mass is 9.99. The van der Waals surface area contributed by atoms with Crippen LogP contribution >= 0.6 is 11.3 Å². The smallest absolute Gasteiger partial charge is 0.325 e. The van der Waals surface area contributed by atoms with E-state index in [-0.39, 0.29) is 6.61 Å². The molecule has 0 saturated carbocycles. The van der Waals surface area contributed by atoms with Crippen molar-refractivity contribution in [1.82, 2.24) is 10.2 Å². The number of methoxy groups -OCH3 is 1. The van der Waals surface area contributed by atoms with Gasteiger partial charge in [0.15, 0.2) is 5.01 Å². The lowest BCUT2D eigenvalue weighted by molar-refractivity contribution is 0.262. The summed E-state index contributed by atoms with van der Waals surface area (Å²) in [7, 11) is 1.55. The van der Waals surface area contributed by atoms with E-state index in [1.807, 2.05) is 24.3 Å². The molecule has 3 aromatic rings. The van der Waals surface area contributed by atoms with E-state index in [4.69, 9.17) is 9.47 Å². The van der Waals surface area contributed by atoms with E-state index in [2.05, 4.69) is 46.8 Å². The number of rotatable bonds is 8. The monoisotopic (exact) mass is 412 g/mol. The zero-order valence-corrected chi connectivity index (χ0v) is 17.5. The number of benzene rings is 2. The number of ether oxygens (including phenoxy) is 2. The number of hydrogen-bond donors (Lipinski definition) is 2. The molecular formula is C21H24N4O3S. The quantitative estimate of drug-likeness (QED) is 0.525. The molecule has 2 amide bonds. The number of urea groups is 1. The van der Waals surface area contributed by atoms with Crippen LogP contribution in [-0.4, -0.2) is 23.3 Å². The number of anilines is 2. The highest BCUT2D eigenvalue weighted by molar-refractivity contribution is 7.15. The van der Waals surface area contributed by atoms with Crippen molar-refractivity contribution >= 4 is 28.2 Å². The third-order valence-electron chi connectivity index (χ3n) is 4.47. The highest BCUT2D eigenvalue weighted by Gasteiger charge is 2.11. The molecule has 7 nitrogen and oxygen atoms in total. The van der Waals surface area contributed by atoms with E-state index >= 15 is 0 Å². The molecule has 1 atom stereocenters. The third kappa shape index (κ3) is 5.68. The maximum atomic E-state index is 12.2. The normalized spacial score (nSPS) is 11.6. The van der Waals surface area contributed by atoms with Crippen LogP contribution in [0.2, 0.25) is 0 Å². The fourth-order valence-electron chi connectivity index (χ4n) is 2.63. The Labute approximate surface area is 174 Å². The number of nitrogens with zero attached hydrogens (tertiary/aromatic N) is 2. The van der Waals surface area contributed by atoms with Gasteiger partial charge in [0.05, 0.1) is 12.8 Å². The zero-order valence-electron chi connectivity index (χ0n) is 16.6. The summed E-state index contributed by atoms with van der Waals surface area (Å²) in [6.45, 7) is 4.67. The van der Waals surface area contributed by atoms with Crippen molar-refractivity contribution in [1.29, 1.82) is 0 Å². The van der Waals surface area contributed by atoms with Gasteiger partial charge in [-0.15, -0.1) is 10.2 Å². The lowest BCUT2D eigenvalue weighted by Gasteiger charge is -2.10. The van der Waals surface area contributed by atoms with Crippen LogP contribution in [0, 0.1) is 0 Å². The van der Waals surface area contributed by atoms with E-state index in [0.29, 0.717) is 27.5 Å². The topological polar surface area (TPSA) is 85.4 Å². The first-order valence-electron chi connectivity index (χ1n) is 9.35. The minimum Gasteiger partial charge on any atom is -0.495 e. The molecule has 8 heteroatoms. The number of carbonyl (C=O) groups excluding carboxylic acids is 1. The summed E-state index contributed by atoms with van der Waals surface area (Å²) < 4.78 is 11.0. The summed E-state index contributed by atoms with van der Waals surface area (Å²) in [4.78, 5) is 12.2.